The third-order valence-corrected chi connectivity index (χ3v) is 5.59. The Morgan fingerprint density at radius 3 is 2.67 bits per heavy atom. The van der Waals surface area contributed by atoms with Crippen LogP contribution in [0, 0.1) is 0 Å². The summed E-state index contributed by atoms with van der Waals surface area (Å²) in [5, 5.41) is 8.42. The van der Waals surface area contributed by atoms with Gasteiger partial charge < -0.3 is 5.11 Å². The SMILES string of the molecule is CC(CC(=O)O)N1CC2CC1CS2(=O)=O. The first-order chi connectivity index (χ1) is 6.90. The summed E-state index contributed by atoms with van der Waals surface area (Å²) in [5.74, 6) is -0.616. The zero-order chi connectivity index (χ0) is 11.2. The average Bonchev–Trinajstić information content (AvgIpc) is 2.56. The molecule has 0 aromatic heterocycles. The number of fused-ring (bicyclic) bond motifs is 2. The number of carboxylic acids is 1. The summed E-state index contributed by atoms with van der Waals surface area (Å²) in [6, 6.07) is -0.0117. The van der Waals surface area contributed by atoms with E-state index in [-0.39, 0.29) is 29.5 Å². The molecule has 2 fully saturated rings. The van der Waals surface area contributed by atoms with Crippen molar-refractivity contribution in [1.82, 2.24) is 4.90 Å². The van der Waals surface area contributed by atoms with Gasteiger partial charge >= 0.3 is 5.97 Å². The maximum atomic E-state index is 11.5. The van der Waals surface area contributed by atoms with Gasteiger partial charge in [-0.25, -0.2) is 8.42 Å². The van der Waals surface area contributed by atoms with Crippen LogP contribution in [0.25, 0.3) is 0 Å². The van der Waals surface area contributed by atoms with E-state index in [9.17, 15) is 13.2 Å². The standard InChI is InChI=1S/C9H15NO4S/c1-6(2-9(11)12)10-4-8-3-7(10)5-15(8,13)14/h6-8H,2-5H2,1H3,(H,11,12). The monoisotopic (exact) mass is 233 g/mol. The molecule has 2 saturated heterocycles. The Morgan fingerprint density at radius 1 is 1.60 bits per heavy atom. The predicted molar refractivity (Wildman–Crippen MR) is 54.4 cm³/mol. The molecule has 0 aromatic carbocycles. The molecule has 0 amide bonds. The fraction of sp³-hybridized carbons (Fsp3) is 0.889. The van der Waals surface area contributed by atoms with Crippen molar-refractivity contribution in [2.24, 2.45) is 0 Å². The van der Waals surface area contributed by atoms with Crippen molar-refractivity contribution in [3.63, 3.8) is 0 Å². The molecule has 1 N–H and O–H groups in total. The summed E-state index contributed by atoms with van der Waals surface area (Å²) < 4.78 is 22.9. The Hall–Kier alpha value is -0.620. The zero-order valence-corrected chi connectivity index (χ0v) is 9.40. The number of nitrogens with zero attached hydrogens (tertiary/aromatic N) is 1. The van der Waals surface area contributed by atoms with Crippen molar-refractivity contribution in [2.45, 2.75) is 37.1 Å². The van der Waals surface area contributed by atoms with Crippen LogP contribution in [0.4, 0.5) is 0 Å². The molecule has 0 saturated carbocycles. The molecule has 0 aromatic rings. The van der Waals surface area contributed by atoms with E-state index in [1.54, 1.807) is 0 Å². The van der Waals surface area contributed by atoms with Crippen LogP contribution in [0.5, 0.6) is 0 Å². The van der Waals surface area contributed by atoms with Crippen LogP contribution < -0.4 is 0 Å². The van der Waals surface area contributed by atoms with E-state index in [1.807, 2.05) is 11.8 Å². The molecule has 0 radical (unpaired) electrons. The smallest absolute Gasteiger partial charge is 0.304 e. The Balaban J connectivity index is 2.03. The maximum absolute atomic E-state index is 11.5. The second kappa shape index (κ2) is 3.45. The quantitative estimate of drug-likeness (QED) is 0.725. The van der Waals surface area contributed by atoms with Gasteiger partial charge in [0.1, 0.15) is 0 Å². The molecule has 3 atom stereocenters. The minimum Gasteiger partial charge on any atom is -0.481 e. The van der Waals surface area contributed by atoms with Crippen molar-refractivity contribution >= 4 is 15.8 Å². The Bertz CT molecular complexity index is 378. The van der Waals surface area contributed by atoms with Gasteiger partial charge in [0.25, 0.3) is 0 Å². The van der Waals surface area contributed by atoms with Gasteiger partial charge in [-0.3, -0.25) is 9.69 Å². The molecule has 3 unspecified atom stereocenters. The van der Waals surface area contributed by atoms with E-state index in [0.717, 1.165) is 0 Å². The van der Waals surface area contributed by atoms with Gasteiger partial charge in [-0.2, -0.15) is 0 Å². The van der Waals surface area contributed by atoms with Gasteiger partial charge in [0.2, 0.25) is 0 Å². The molecule has 2 heterocycles. The van der Waals surface area contributed by atoms with Crippen molar-refractivity contribution in [3.8, 4) is 0 Å². The number of aliphatic carboxylic acids is 1. The largest absolute Gasteiger partial charge is 0.481 e. The molecule has 0 aliphatic carbocycles. The van der Waals surface area contributed by atoms with Gasteiger partial charge in [-0.15, -0.1) is 0 Å². The lowest BCUT2D eigenvalue weighted by Gasteiger charge is -2.31. The Labute approximate surface area is 89.0 Å². The molecule has 15 heavy (non-hydrogen) atoms. The lowest BCUT2D eigenvalue weighted by molar-refractivity contribution is -0.138. The van der Waals surface area contributed by atoms with Gasteiger partial charge in [-0.05, 0) is 13.3 Å². The van der Waals surface area contributed by atoms with E-state index in [2.05, 4.69) is 0 Å². The fourth-order valence-electron chi connectivity index (χ4n) is 2.64. The second-order valence-corrected chi connectivity index (χ2v) is 6.81. The minimum absolute atomic E-state index is 0.0503. The van der Waals surface area contributed by atoms with E-state index in [0.29, 0.717) is 13.0 Å². The van der Waals surface area contributed by atoms with Gasteiger partial charge in [0.15, 0.2) is 9.84 Å². The molecular formula is C9H15NO4S. The minimum atomic E-state index is -2.87. The van der Waals surface area contributed by atoms with E-state index in [1.165, 1.54) is 0 Å². The molecule has 6 heteroatoms. The van der Waals surface area contributed by atoms with Crippen molar-refractivity contribution in [3.05, 3.63) is 0 Å². The molecular weight excluding hydrogens is 218 g/mol. The average molecular weight is 233 g/mol. The summed E-state index contributed by atoms with van der Waals surface area (Å²) in [5.41, 5.74) is 0. The Morgan fingerprint density at radius 2 is 2.27 bits per heavy atom. The van der Waals surface area contributed by atoms with Crippen LogP contribution in [0.3, 0.4) is 0 Å². The summed E-state index contributed by atoms with van der Waals surface area (Å²) >= 11 is 0. The van der Waals surface area contributed by atoms with Crippen LogP contribution >= 0.6 is 0 Å². The van der Waals surface area contributed by atoms with Crippen LogP contribution in [0.2, 0.25) is 0 Å². The number of carboxylic acid groups (broad SMARTS) is 1. The van der Waals surface area contributed by atoms with Crippen LogP contribution in [-0.2, 0) is 14.6 Å². The second-order valence-electron chi connectivity index (χ2n) is 4.48. The molecule has 2 rings (SSSR count). The Kier molecular flexibility index (Phi) is 2.50. The van der Waals surface area contributed by atoms with E-state index in [4.69, 9.17) is 5.11 Å². The highest BCUT2D eigenvalue weighted by Crippen LogP contribution is 2.34. The zero-order valence-electron chi connectivity index (χ0n) is 8.59. The molecule has 0 spiro atoms. The van der Waals surface area contributed by atoms with Crippen molar-refractivity contribution < 1.29 is 18.3 Å². The number of hydrogen-bond acceptors (Lipinski definition) is 4. The highest BCUT2D eigenvalue weighted by molar-refractivity contribution is 7.92. The topological polar surface area (TPSA) is 74.7 Å². The fourth-order valence-corrected chi connectivity index (χ4v) is 4.69. The van der Waals surface area contributed by atoms with Gasteiger partial charge in [0, 0.05) is 18.6 Å². The summed E-state index contributed by atoms with van der Waals surface area (Å²) in [4.78, 5) is 12.6. The number of hydrogen-bond donors (Lipinski definition) is 1. The lowest BCUT2D eigenvalue weighted by Crippen LogP contribution is -2.45. The van der Waals surface area contributed by atoms with Crippen LogP contribution in [0.1, 0.15) is 19.8 Å². The lowest BCUT2D eigenvalue weighted by atomic mass is 10.2. The first kappa shape index (κ1) is 10.9. The molecule has 2 aliphatic heterocycles. The molecule has 2 aliphatic rings. The summed E-state index contributed by atoms with van der Waals surface area (Å²) in [6.07, 6.45) is 0.773. The molecule has 2 bridgehead atoms. The highest BCUT2D eigenvalue weighted by Gasteiger charge is 2.49. The van der Waals surface area contributed by atoms with Crippen molar-refractivity contribution in [2.75, 3.05) is 12.3 Å². The third-order valence-electron chi connectivity index (χ3n) is 3.39. The number of sulfone groups is 1. The summed E-state index contributed by atoms with van der Waals surface area (Å²) in [6.45, 7) is 2.36. The first-order valence-electron chi connectivity index (χ1n) is 5.09. The van der Waals surface area contributed by atoms with E-state index >= 15 is 0 Å². The van der Waals surface area contributed by atoms with Gasteiger partial charge in [-0.1, -0.05) is 0 Å². The maximum Gasteiger partial charge on any atom is 0.304 e. The van der Waals surface area contributed by atoms with Crippen LogP contribution in [-0.4, -0.2) is 54.0 Å². The normalized spacial score (nSPS) is 35.5. The third kappa shape index (κ3) is 1.88. The molecule has 5 nitrogen and oxygen atoms in total. The molecule has 86 valence electrons. The first-order valence-corrected chi connectivity index (χ1v) is 6.81. The number of likely N-dealkylation sites (tertiary alicyclic amines) is 1. The highest BCUT2D eigenvalue weighted by atomic mass is 32.2. The predicted octanol–water partition coefficient (Wildman–Crippen LogP) is -0.279. The number of rotatable bonds is 3. The van der Waals surface area contributed by atoms with Crippen LogP contribution in [0.15, 0.2) is 0 Å². The summed E-state index contributed by atoms with van der Waals surface area (Å²) in [7, 11) is -2.87. The number of carbonyl (C=O) groups is 1. The van der Waals surface area contributed by atoms with Gasteiger partial charge in [0.05, 0.1) is 17.4 Å². The van der Waals surface area contributed by atoms with E-state index < -0.39 is 15.8 Å². The van der Waals surface area contributed by atoms with Crippen molar-refractivity contribution in [1.29, 1.82) is 0 Å².